The summed E-state index contributed by atoms with van der Waals surface area (Å²) in [5, 5.41) is 19.5. The van der Waals surface area contributed by atoms with Crippen molar-refractivity contribution in [2.45, 2.75) is 12.5 Å². The molecule has 1 atom stereocenters. The Morgan fingerprint density at radius 2 is 2.07 bits per heavy atom. The number of phenols is 1. The lowest BCUT2D eigenvalue weighted by Gasteiger charge is -2.15. The Hall–Kier alpha value is -1.55. The van der Waals surface area contributed by atoms with Gasteiger partial charge in [0.25, 0.3) is 0 Å². The SMILES string of the molecule is CO[C@@H](Cc1ccc(O)cc1)C(=O)[O-]. The standard InChI is InChI=1S/C10H12O4/c1-14-9(10(12)13)6-7-2-4-8(11)5-3-7/h2-5,9,11H,6H2,1H3,(H,12,13)/p-1/t9-/m0/s1. The molecule has 0 fully saturated rings. The third-order valence-electron chi connectivity index (χ3n) is 1.90. The van der Waals surface area contributed by atoms with Gasteiger partial charge in [-0.05, 0) is 17.7 Å². The maximum Gasteiger partial charge on any atom is 0.115 e. The zero-order valence-corrected chi connectivity index (χ0v) is 7.77. The summed E-state index contributed by atoms with van der Waals surface area (Å²) in [6.45, 7) is 0. The molecule has 0 spiro atoms. The molecule has 0 unspecified atom stereocenters. The first-order chi connectivity index (χ1) is 6.63. The lowest BCUT2D eigenvalue weighted by molar-refractivity contribution is -0.315. The van der Waals surface area contributed by atoms with Crippen molar-refractivity contribution >= 4 is 5.97 Å². The van der Waals surface area contributed by atoms with Gasteiger partial charge in [-0.3, -0.25) is 0 Å². The van der Waals surface area contributed by atoms with Crippen LogP contribution in [0.2, 0.25) is 0 Å². The number of hydrogen-bond donors (Lipinski definition) is 1. The summed E-state index contributed by atoms with van der Waals surface area (Å²) in [6, 6.07) is 6.28. The quantitative estimate of drug-likeness (QED) is 0.716. The molecule has 76 valence electrons. The highest BCUT2D eigenvalue weighted by atomic mass is 16.5. The summed E-state index contributed by atoms with van der Waals surface area (Å²) < 4.78 is 4.72. The molecule has 0 heterocycles. The van der Waals surface area contributed by atoms with Crippen molar-refractivity contribution in [2.24, 2.45) is 0 Å². The molecule has 14 heavy (non-hydrogen) atoms. The highest BCUT2D eigenvalue weighted by molar-refractivity contribution is 5.70. The van der Waals surface area contributed by atoms with Crippen molar-refractivity contribution in [2.75, 3.05) is 7.11 Å². The van der Waals surface area contributed by atoms with Crippen molar-refractivity contribution in [3.63, 3.8) is 0 Å². The van der Waals surface area contributed by atoms with Crippen molar-refractivity contribution in [3.05, 3.63) is 29.8 Å². The van der Waals surface area contributed by atoms with Gasteiger partial charge in [0.1, 0.15) is 11.9 Å². The Morgan fingerprint density at radius 3 is 2.50 bits per heavy atom. The first-order valence-corrected chi connectivity index (χ1v) is 4.15. The Kier molecular flexibility index (Phi) is 3.48. The highest BCUT2D eigenvalue weighted by Crippen LogP contribution is 2.11. The molecule has 1 aromatic carbocycles. The number of carboxylic acid groups (broad SMARTS) is 1. The van der Waals surface area contributed by atoms with Gasteiger partial charge in [-0.1, -0.05) is 12.1 Å². The third kappa shape index (κ3) is 2.74. The number of phenolic OH excluding ortho intramolecular Hbond substituents is 1. The predicted molar refractivity (Wildman–Crippen MR) is 47.6 cm³/mol. The van der Waals surface area contributed by atoms with Crippen molar-refractivity contribution < 1.29 is 19.7 Å². The smallest absolute Gasteiger partial charge is 0.115 e. The van der Waals surface area contributed by atoms with Gasteiger partial charge in [0.2, 0.25) is 0 Å². The Bertz CT molecular complexity index is 304. The van der Waals surface area contributed by atoms with E-state index in [4.69, 9.17) is 9.84 Å². The average Bonchev–Trinajstić information content (AvgIpc) is 2.16. The fourth-order valence-electron chi connectivity index (χ4n) is 1.11. The average molecular weight is 195 g/mol. The summed E-state index contributed by atoms with van der Waals surface area (Å²) in [5.74, 6) is -1.09. The molecule has 0 radical (unpaired) electrons. The number of ether oxygens (including phenoxy) is 1. The summed E-state index contributed by atoms with van der Waals surface area (Å²) >= 11 is 0. The Labute approximate surface area is 81.8 Å². The maximum atomic E-state index is 10.5. The molecule has 1 aromatic rings. The van der Waals surface area contributed by atoms with Crippen molar-refractivity contribution in [1.82, 2.24) is 0 Å². The van der Waals surface area contributed by atoms with Crippen LogP contribution in [-0.2, 0) is 16.0 Å². The van der Waals surface area contributed by atoms with E-state index in [9.17, 15) is 9.90 Å². The van der Waals surface area contributed by atoms with Gasteiger partial charge in [-0.25, -0.2) is 0 Å². The van der Waals surface area contributed by atoms with Crippen LogP contribution < -0.4 is 5.11 Å². The summed E-state index contributed by atoms with van der Waals surface area (Å²) in [4.78, 5) is 10.5. The molecule has 4 nitrogen and oxygen atoms in total. The monoisotopic (exact) mass is 195 g/mol. The number of aromatic hydroxyl groups is 1. The minimum absolute atomic E-state index is 0.149. The molecule has 0 aliphatic rings. The number of hydrogen-bond acceptors (Lipinski definition) is 4. The van der Waals surface area contributed by atoms with Crippen LogP contribution in [0.25, 0.3) is 0 Å². The van der Waals surface area contributed by atoms with Crippen LogP contribution >= 0.6 is 0 Å². The largest absolute Gasteiger partial charge is 0.547 e. The molecule has 0 aliphatic heterocycles. The first kappa shape index (κ1) is 10.5. The van der Waals surface area contributed by atoms with E-state index >= 15 is 0 Å². The summed E-state index contributed by atoms with van der Waals surface area (Å²) in [6.07, 6.45) is -0.710. The molecule has 1 rings (SSSR count). The first-order valence-electron chi connectivity index (χ1n) is 4.15. The van der Waals surface area contributed by atoms with E-state index in [1.54, 1.807) is 12.1 Å². The molecular formula is C10H11O4-. The van der Waals surface area contributed by atoms with E-state index in [1.807, 2.05) is 0 Å². The van der Waals surface area contributed by atoms with Crippen LogP contribution in [0.4, 0.5) is 0 Å². The van der Waals surface area contributed by atoms with E-state index in [0.717, 1.165) is 5.56 Å². The lowest BCUT2D eigenvalue weighted by atomic mass is 10.1. The molecule has 4 heteroatoms. The third-order valence-corrected chi connectivity index (χ3v) is 1.90. The second-order valence-corrected chi connectivity index (χ2v) is 2.91. The van der Waals surface area contributed by atoms with E-state index in [0.29, 0.717) is 0 Å². The van der Waals surface area contributed by atoms with E-state index in [-0.39, 0.29) is 12.2 Å². The molecule has 0 aliphatic carbocycles. The lowest BCUT2D eigenvalue weighted by Crippen LogP contribution is -2.38. The van der Waals surface area contributed by atoms with Crippen LogP contribution in [0.3, 0.4) is 0 Å². The number of carbonyl (C=O) groups excluding carboxylic acids is 1. The van der Waals surface area contributed by atoms with Gasteiger partial charge in [-0.15, -0.1) is 0 Å². The minimum Gasteiger partial charge on any atom is -0.547 e. The fraction of sp³-hybridized carbons (Fsp3) is 0.300. The number of carbonyl (C=O) groups is 1. The topological polar surface area (TPSA) is 69.6 Å². The fourth-order valence-corrected chi connectivity index (χ4v) is 1.11. The van der Waals surface area contributed by atoms with Crippen LogP contribution in [0.15, 0.2) is 24.3 Å². The van der Waals surface area contributed by atoms with Crippen LogP contribution in [-0.4, -0.2) is 24.3 Å². The minimum atomic E-state index is -1.24. The highest BCUT2D eigenvalue weighted by Gasteiger charge is 2.08. The molecule has 0 bridgehead atoms. The van der Waals surface area contributed by atoms with Gasteiger partial charge >= 0.3 is 0 Å². The number of benzene rings is 1. The van der Waals surface area contributed by atoms with Gasteiger partial charge < -0.3 is 19.7 Å². The van der Waals surface area contributed by atoms with Gasteiger partial charge in [0.15, 0.2) is 0 Å². The second kappa shape index (κ2) is 4.62. The summed E-state index contributed by atoms with van der Waals surface area (Å²) in [7, 11) is 1.32. The zero-order valence-electron chi connectivity index (χ0n) is 7.77. The van der Waals surface area contributed by atoms with Crippen LogP contribution in [0.5, 0.6) is 5.75 Å². The Balaban J connectivity index is 2.67. The number of aliphatic carboxylic acids is 1. The molecule has 1 N–H and O–H groups in total. The second-order valence-electron chi connectivity index (χ2n) is 2.91. The molecular weight excluding hydrogens is 184 g/mol. The van der Waals surface area contributed by atoms with Crippen molar-refractivity contribution in [1.29, 1.82) is 0 Å². The predicted octanol–water partition coefficient (Wildman–Crippen LogP) is -0.300. The Morgan fingerprint density at radius 1 is 1.50 bits per heavy atom. The summed E-state index contributed by atoms with van der Waals surface area (Å²) in [5.41, 5.74) is 0.777. The maximum absolute atomic E-state index is 10.5. The van der Waals surface area contributed by atoms with Crippen molar-refractivity contribution in [3.8, 4) is 5.75 Å². The van der Waals surface area contributed by atoms with E-state index < -0.39 is 12.1 Å². The number of rotatable bonds is 4. The van der Waals surface area contributed by atoms with Crippen LogP contribution in [0, 0.1) is 0 Å². The van der Waals surface area contributed by atoms with Gasteiger partial charge in [0.05, 0.1) is 5.97 Å². The number of methoxy groups -OCH3 is 1. The molecule has 0 saturated heterocycles. The van der Waals surface area contributed by atoms with Gasteiger partial charge in [-0.2, -0.15) is 0 Å². The van der Waals surface area contributed by atoms with E-state index in [1.165, 1.54) is 19.2 Å². The molecule has 0 aromatic heterocycles. The van der Waals surface area contributed by atoms with Gasteiger partial charge in [0, 0.05) is 13.5 Å². The molecule has 0 amide bonds. The number of carboxylic acids is 1. The van der Waals surface area contributed by atoms with E-state index in [2.05, 4.69) is 0 Å². The molecule has 0 saturated carbocycles. The van der Waals surface area contributed by atoms with Crippen LogP contribution in [0.1, 0.15) is 5.56 Å². The zero-order chi connectivity index (χ0) is 10.6. The normalized spacial score (nSPS) is 12.4.